The lowest BCUT2D eigenvalue weighted by atomic mass is 10.1. The monoisotopic (exact) mass is 397 g/mol. The molecule has 0 radical (unpaired) electrons. The van der Waals surface area contributed by atoms with E-state index in [0.717, 1.165) is 0 Å². The normalized spacial score (nSPS) is 10.4. The topological polar surface area (TPSA) is 74.6 Å². The van der Waals surface area contributed by atoms with Gasteiger partial charge in [-0.3, -0.25) is 9.59 Å². The first-order valence-electron chi connectivity index (χ1n) is 8.69. The van der Waals surface area contributed by atoms with Crippen LogP contribution in [0.2, 0.25) is 5.02 Å². The van der Waals surface area contributed by atoms with Crippen molar-refractivity contribution in [3.8, 4) is 0 Å². The summed E-state index contributed by atoms with van der Waals surface area (Å²) in [5.74, 6) is 0.292. The van der Waals surface area contributed by atoms with Crippen molar-refractivity contribution in [3.05, 3.63) is 83.3 Å². The van der Waals surface area contributed by atoms with Crippen molar-refractivity contribution in [2.45, 2.75) is 6.54 Å². The summed E-state index contributed by atoms with van der Waals surface area (Å²) < 4.78 is 5.26. The lowest BCUT2D eigenvalue weighted by Gasteiger charge is -2.17. The van der Waals surface area contributed by atoms with E-state index in [9.17, 15) is 9.59 Å². The predicted octanol–water partition coefficient (Wildman–Crippen LogP) is 4.26. The number of nitrogens with one attached hydrogen (secondary N) is 2. The average Bonchev–Trinajstić information content (AvgIpc) is 3.19. The van der Waals surface area contributed by atoms with Gasteiger partial charge in [-0.2, -0.15) is 0 Å². The van der Waals surface area contributed by atoms with E-state index in [4.69, 9.17) is 16.0 Å². The molecule has 2 aromatic carbocycles. The fourth-order valence-electron chi connectivity index (χ4n) is 2.63. The molecule has 0 atom stereocenters. The molecule has 6 nitrogen and oxygen atoms in total. The number of nitrogens with zero attached hydrogens (tertiary/aromatic N) is 1. The zero-order valence-corrected chi connectivity index (χ0v) is 16.1. The highest BCUT2D eigenvalue weighted by Gasteiger charge is 2.14. The number of likely N-dealkylation sites (N-methyl/N-ethyl adjacent to an activating group) is 1. The number of para-hydroxylation sites is 1. The van der Waals surface area contributed by atoms with E-state index in [2.05, 4.69) is 10.6 Å². The molecule has 3 aromatic rings. The van der Waals surface area contributed by atoms with Gasteiger partial charge in [0.25, 0.3) is 5.91 Å². The molecule has 0 aliphatic carbocycles. The molecule has 28 heavy (non-hydrogen) atoms. The number of benzene rings is 2. The molecule has 0 fully saturated rings. The van der Waals surface area contributed by atoms with Crippen molar-refractivity contribution in [2.24, 2.45) is 0 Å². The van der Waals surface area contributed by atoms with E-state index in [-0.39, 0.29) is 18.4 Å². The van der Waals surface area contributed by atoms with E-state index >= 15 is 0 Å². The first kappa shape index (κ1) is 19.5. The van der Waals surface area contributed by atoms with E-state index in [1.165, 1.54) is 0 Å². The molecular formula is C21H20ClN3O3. The lowest BCUT2D eigenvalue weighted by Crippen LogP contribution is -2.32. The highest BCUT2D eigenvalue weighted by Crippen LogP contribution is 2.19. The number of halogens is 1. The fourth-order valence-corrected chi connectivity index (χ4v) is 2.82. The Hall–Kier alpha value is -3.25. The standard InChI is InChI=1S/C21H20ClN3O3/c1-25(14-17-8-5-11-28-17)20(26)13-23-19-10-3-2-9-18(19)21(27)24-16-7-4-6-15(22)12-16/h2-12,23H,13-14H2,1H3,(H,24,27). The molecule has 0 unspecified atom stereocenters. The highest BCUT2D eigenvalue weighted by atomic mass is 35.5. The molecule has 0 saturated carbocycles. The van der Waals surface area contributed by atoms with Crippen LogP contribution in [0.4, 0.5) is 11.4 Å². The zero-order valence-electron chi connectivity index (χ0n) is 15.3. The molecule has 144 valence electrons. The highest BCUT2D eigenvalue weighted by molar-refractivity contribution is 6.31. The van der Waals surface area contributed by atoms with Gasteiger partial charge in [-0.1, -0.05) is 29.8 Å². The molecule has 2 amide bonds. The van der Waals surface area contributed by atoms with Gasteiger partial charge in [0.1, 0.15) is 5.76 Å². The Labute approximate surface area is 168 Å². The van der Waals surface area contributed by atoms with Gasteiger partial charge in [0, 0.05) is 23.4 Å². The van der Waals surface area contributed by atoms with Gasteiger partial charge in [0.15, 0.2) is 0 Å². The third kappa shape index (κ3) is 5.14. The van der Waals surface area contributed by atoms with Gasteiger partial charge < -0.3 is 20.0 Å². The maximum Gasteiger partial charge on any atom is 0.257 e. The summed E-state index contributed by atoms with van der Waals surface area (Å²) in [6.45, 7) is 0.434. The third-order valence-corrected chi connectivity index (χ3v) is 4.32. The van der Waals surface area contributed by atoms with Crippen molar-refractivity contribution in [2.75, 3.05) is 24.2 Å². The molecule has 3 rings (SSSR count). The zero-order chi connectivity index (χ0) is 19.9. The largest absolute Gasteiger partial charge is 0.467 e. The van der Waals surface area contributed by atoms with E-state index in [1.807, 2.05) is 6.07 Å². The van der Waals surface area contributed by atoms with Crippen LogP contribution in [0.1, 0.15) is 16.1 Å². The number of anilines is 2. The van der Waals surface area contributed by atoms with Crippen LogP contribution >= 0.6 is 11.6 Å². The Kier molecular flexibility index (Phi) is 6.34. The number of hydrogen-bond acceptors (Lipinski definition) is 4. The second kappa shape index (κ2) is 9.10. The summed E-state index contributed by atoms with van der Waals surface area (Å²) in [4.78, 5) is 26.5. The van der Waals surface area contributed by atoms with Crippen molar-refractivity contribution in [1.29, 1.82) is 0 Å². The summed E-state index contributed by atoms with van der Waals surface area (Å²) >= 11 is 5.96. The number of carbonyl (C=O) groups excluding carboxylic acids is 2. The van der Waals surface area contributed by atoms with Crippen molar-refractivity contribution < 1.29 is 14.0 Å². The molecule has 0 spiro atoms. The van der Waals surface area contributed by atoms with Crippen molar-refractivity contribution >= 4 is 34.8 Å². The number of hydrogen-bond donors (Lipinski definition) is 2. The van der Waals surface area contributed by atoms with E-state index in [1.54, 1.807) is 72.8 Å². The van der Waals surface area contributed by atoms with Crippen LogP contribution in [0.25, 0.3) is 0 Å². The van der Waals surface area contributed by atoms with Crippen LogP contribution in [0, 0.1) is 0 Å². The molecule has 0 saturated heterocycles. The van der Waals surface area contributed by atoms with Crippen LogP contribution in [0.15, 0.2) is 71.3 Å². The fraction of sp³-hybridized carbons (Fsp3) is 0.143. The number of amides is 2. The molecule has 0 bridgehead atoms. The van der Waals surface area contributed by atoms with Gasteiger partial charge >= 0.3 is 0 Å². The molecular weight excluding hydrogens is 378 g/mol. The number of furan rings is 1. The molecule has 0 aliphatic heterocycles. The second-order valence-corrected chi connectivity index (χ2v) is 6.63. The quantitative estimate of drug-likeness (QED) is 0.624. The molecule has 2 N–H and O–H groups in total. The summed E-state index contributed by atoms with van der Waals surface area (Å²) in [6, 6.07) is 17.5. The second-order valence-electron chi connectivity index (χ2n) is 6.19. The molecule has 1 aromatic heterocycles. The Morgan fingerprint density at radius 2 is 1.89 bits per heavy atom. The minimum Gasteiger partial charge on any atom is -0.467 e. The van der Waals surface area contributed by atoms with Crippen LogP contribution in [0.5, 0.6) is 0 Å². The SMILES string of the molecule is CN(Cc1ccco1)C(=O)CNc1ccccc1C(=O)Nc1cccc(Cl)c1. The summed E-state index contributed by atoms with van der Waals surface area (Å²) in [7, 11) is 1.70. The summed E-state index contributed by atoms with van der Waals surface area (Å²) in [6.07, 6.45) is 1.57. The Balaban J connectivity index is 1.63. The van der Waals surface area contributed by atoms with Crippen LogP contribution < -0.4 is 10.6 Å². The number of rotatable bonds is 7. The Morgan fingerprint density at radius 1 is 1.07 bits per heavy atom. The van der Waals surface area contributed by atoms with Crippen molar-refractivity contribution in [1.82, 2.24) is 4.90 Å². The molecule has 0 aliphatic rings. The minimum atomic E-state index is -0.290. The molecule has 1 heterocycles. The first-order valence-corrected chi connectivity index (χ1v) is 9.07. The third-order valence-electron chi connectivity index (χ3n) is 4.08. The van der Waals surface area contributed by atoms with Gasteiger partial charge in [-0.25, -0.2) is 0 Å². The first-order chi connectivity index (χ1) is 13.5. The minimum absolute atomic E-state index is 0.0542. The van der Waals surface area contributed by atoms with Gasteiger partial charge in [0.05, 0.1) is 24.9 Å². The van der Waals surface area contributed by atoms with E-state index < -0.39 is 0 Å². The van der Waals surface area contributed by atoms with Crippen molar-refractivity contribution in [3.63, 3.8) is 0 Å². The smallest absolute Gasteiger partial charge is 0.257 e. The van der Waals surface area contributed by atoms with E-state index in [0.29, 0.717) is 34.3 Å². The molecule has 7 heteroatoms. The lowest BCUT2D eigenvalue weighted by molar-refractivity contribution is -0.128. The summed E-state index contributed by atoms with van der Waals surface area (Å²) in [5.41, 5.74) is 1.60. The maximum atomic E-state index is 12.6. The van der Waals surface area contributed by atoms with Gasteiger partial charge in [-0.15, -0.1) is 0 Å². The maximum absolute atomic E-state index is 12.6. The van der Waals surface area contributed by atoms with Gasteiger partial charge in [-0.05, 0) is 42.5 Å². The van der Waals surface area contributed by atoms with Crippen LogP contribution in [0.3, 0.4) is 0 Å². The predicted molar refractivity (Wildman–Crippen MR) is 110 cm³/mol. The number of carbonyl (C=O) groups is 2. The van der Waals surface area contributed by atoms with Crippen LogP contribution in [-0.2, 0) is 11.3 Å². The Bertz CT molecular complexity index is 957. The average molecular weight is 398 g/mol. The van der Waals surface area contributed by atoms with Crippen LogP contribution in [-0.4, -0.2) is 30.3 Å². The Morgan fingerprint density at radius 3 is 2.64 bits per heavy atom. The summed E-state index contributed by atoms with van der Waals surface area (Å²) in [5, 5.41) is 6.39. The van der Waals surface area contributed by atoms with Gasteiger partial charge in [0.2, 0.25) is 5.91 Å².